The van der Waals surface area contributed by atoms with E-state index in [2.05, 4.69) is 245 Å². The molecule has 0 amide bonds. The highest BCUT2D eigenvalue weighted by molar-refractivity contribution is 5.98. The summed E-state index contributed by atoms with van der Waals surface area (Å²) in [5.41, 5.74) is 18.0. The molecule has 0 atom stereocenters. The van der Waals surface area contributed by atoms with Crippen LogP contribution >= 0.6 is 0 Å². The number of para-hydroxylation sites is 1. The summed E-state index contributed by atoms with van der Waals surface area (Å²) in [6.07, 6.45) is 1.91. The number of benzene rings is 7. The van der Waals surface area contributed by atoms with Gasteiger partial charge in [0.25, 0.3) is 0 Å². The molecule has 2 heterocycles. The number of phenolic OH excluding ortho intramolecular Hbond substituents is 1. The number of aromatic nitrogens is 3. The Labute approximate surface area is 404 Å². The van der Waals surface area contributed by atoms with Crippen LogP contribution in [0.25, 0.3) is 83.9 Å². The van der Waals surface area contributed by atoms with Gasteiger partial charge < -0.3 is 5.11 Å². The van der Waals surface area contributed by atoms with E-state index < -0.39 is 0 Å². The first kappa shape index (κ1) is 46.1. The van der Waals surface area contributed by atoms with E-state index in [-0.39, 0.29) is 27.4 Å². The predicted molar refractivity (Wildman–Crippen MR) is 288 cm³/mol. The highest BCUT2D eigenvalue weighted by Gasteiger charge is 2.30. The average molecular weight is 892 g/mol. The molecule has 0 radical (unpaired) electrons. The maximum absolute atomic E-state index is 12.7. The average Bonchev–Trinajstić information content (AvgIpc) is 3.70. The van der Waals surface area contributed by atoms with Crippen LogP contribution in [-0.2, 0) is 21.7 Å². The van der Waals surface area contributed by atoms with Gasteiger partial charge in [0.2, 0.25) is 0 Å². The Morgan fingerprint density at radius 2 is 0.971 bits per heavy atom. The molecule has 0 bridgehead atoms. The number of hydrogen-bond donors (Lipinski definition) is 1. The Hall–Kier alpha value is -7.04. The zero-order chi connectivity index (χ0) is 48.3. The van der Waals surface area contributed by atoms with Crippen LogP contribution in [0.3, 0.4) is 0 Å². The van der Waals surface area contributed by atoms with E-state index in [9.17, 15) is 5.11 Å². The first-order valence-corrected chi connectivity index (χ1v) is 24.0. The molecular weight excluding hydrogens is 827 g/mol. The summed E-state index contributed by atoms with van der Waals surface area (Å²) in [4.78, 5) is 10.7. The summed E-state index contributed by atoms with van der Waals surface area (Å²) in [6, 6.07) is 58.9. The number of rotatable bonds is 7. The zero-order valence-corrected chi connectivity index (χ0v) is 42.0. The molecule has 4 nitrogen and oxygen atoms in total. The van der Waals surface area contributed by atoms with Crippen molar-refractivity contribution in [1.82, 2.24) is 14.5 Å². The summed E-state index contributed by atoms with van der Waals surface area (Å²) in [6.45, 7) is 26.8. The van der Waals surface area contributed by atoms with Crippen LogP contribution in [0, 0.1) is 0 Å². The van der Waals surface area contributed by atoms with Gasteiger partial charge in [-0.2, -0.15) is 0 Å². The highest BCUT2D eigenvalue weighted by Crippen LogP contribution is 2.46. The van der Waals surface area contributed by atoms with Crippen molar-refractivity contribution in [2.24, 2.45) is 0 Å². The van der Waals surface area contributed by atoms with Crippen molar-refractivity contribution < 1.29 is 5.11 Å². The Bertz CT molecular complexity index is 3290. The predicted octanol–water partition coefficient (Wildman–Crippen LogP) is 17.3. The molecule has 0 aliphatic heterocycles. The second kappa shape index (κ2) is 17.2. The first-order valence-electron chi connectivity index (χ1n) is 24.0. The standard InChI is InChI=1S/C64H65N3O/c1-61(2,3)48-28-26-43(27-29-48)52-38-49(62(4,5)6)30-31-56(52)67-57-25-19-24-51(58(57)66-60(67)53-39-50(63(7,8)9)40-54(59(53)68)64(10,11)12)46-34-45(42-22-17-14-18-23-42)35-47(36-46)55-37-44(32-33-65-55)41-20-15-13-16-21-41/h13-40,68H,1-12H3. The fraction of sp³-hybridized carbons (Fsp3) is 0.250. The van der Waals surface area contributed by atoms with Gasteiger partial charge in [-0.05, 0) is 126 Å². The molecule has 9 rings (SSSR count). The van der Waals surface area contributed by atoms with E-state index >= 15 is 0 Å². The van der Waals surface area contributed by atoms with Crippen molar-refractivity contribution >= 4 is 11.0 Å². The molecule has 0 aliphatic rings. The number of hydrogen-bond acceptors (Lipinski definition) is 3. The lowest BCUT2D eigenvalue weighted by atomic mass is 9.79. The summed E-state index contributed by atoms with van der Waals surface area (Å²) in [5.74, 6) is 0.943. The molecule has 0 aliphatic carbocycles. The molecule has 0 fully saturated rings. The van der Waals surface area contributed by atoms with E-state index in [1.165, 1.54) is 11.1 Å². The minimum atomic E-state index is -0.337. The Morgan fingerprint density at radius 3 is 1.59 bits per heavy atom. The number of fused-ring (bicyclic) bond motifs is 1. The van der Waals surface area contributed by atoms with Crippen LogP contribution in [0.2, 0.25) is 0 Å². The molecule has 9 aromatic rings. The van der Waals surface area contributed by atoms with Crippen molar-refractivity contribution in [2.75, 3.05) is 0 Å². The van der Waals surface area contributed by atoms with Gasteiger partial charge in [0, 0.05) is 28.5 Å². The van der Waals surface area contributed by atoms with E-state index in [1.54, 1.807) is 0 Å². The second-order valence-corrected chi connectivity index (χ2v) is 22.6. The third-order valence-electron chi connectivity index (χ3n) is 13.4. The van der Waals surface area contributed by atoms with Gasteiger partial charge in [-0.1, -0.05) is 192 Å². The normalized spacial score (nSPS) is 12.5. The summed E-state index contributed by atoms with van der Waals surface area (Å²) in [7, 11) is 0. The van der Waals surface area contributed by atoms with Crippen molar-refractivity contribution in [3.05, 3.63) is 192 Å². The number of imidazole rings is 1. The maximum atomic E-state index is 12.7. The Kier molecular flexibility index (Phi) is 11.7. The van der Waals surface area contributed by atoms with Gasteiger partial charge in [0.05, 0.1) is 28.0 Å². The van der Waals surface area contributed by atoms with Gasteiger partial charge in [0.1, 0.15) is 11.6 Å². The summed E-state index contributed by atoms with van der Waals surface area (Å²) >= 11 is 0. The van der Waals surface area contributed by atoms with Crippen LogP contribution < -0.4 is 0 Å². The number of aromatic hydroxyl groups is 1. The van der Waals surface area contributed by atoms with Crippen LogP contribution in [0.15, 0.2) is 170 Å². The number of nitrogens with zero attached hydrogens (tertiary/aromatic N) is 3. The second-order valence-electron chi connectivity index (χ2n) is 22.6. The molecule has 4 heteroatoms. The van der Waals surface area contributed by atoms with E-state index in [0.717, 1.165) is 83.6 Å². The molecule has 342 valence electrons. The van der Waals surface area contributed by atoms with Crippen molar-refractivity contribution in [1.29, 1.82) is 0 Å². The largest absolute Gasteiger partial charge is 0.507 e. The van der Waals surface area contributed by atoms with Gasteiger partial charge in [-0.15, -0.1) is 0 Å². The molecule has 7 aromatic carbocycles. The lowest BCUT2D eigenvalue weighted by Gasteiger charge is -2.28. The number of pyridine rings is 1. The minimum Gasteiger partial charge on any atom is -0.507 e. The maximum Gasteiger partial charge on any atom is 0.149 e. The lowest BCUT2D eigenvalue weighted by Crippen LogP contribution is -2.17. The quantitative estimate of drug-likeness (QED) is 0.173. The fourth-order valence-electron chi connectivity index (χ4n) is 9.27. The molecule has 0 unspecified atom stereocenters. The lowest BCUT2D eigenvalue weighted by molar-refractivity contribution is 0.446. The van der Waals surface area contributed by atoms with Crippen LogP contribution in [0.5, 0.6) is 5.75 Å². The van der Waals surface area contributed by atoms with E-state index in [4.69, 9.17) is 9.97 Å². The summed E-state index contributed by atoms with van der Waals surface area (Å²) in [5, 5.41) is 12.7. The smallest absolute Gasteiger partial charge is 0.149 e. The molecule has 2 aromatic heterocycles. The van der Waals surface area contributed by atoms with Gasteiger partial charge in [-0.3, -0.25) is 9.55 Å². The minimum absolute atomic E-state index is 0.0114. The molecule has 0 spiro atoms. The van der Waals surface area contributed by atoms with Crippen molar-refractivity contribution in [3.63, 3.8) is 0 Å². The number of phenols is 1. The molecule has 0 saturated heterocycles. The van der Waals surface area contributed by atoms with Crippen LogP contribution in [0.4, 0.5) is 0 Å². The van der Waals surface area contributed by atoms with E-state index in [1.807, 2.05) is 12.3 Å². The third kappa shape index (κ3) is 9.05. The van der Waals surface area contributed by atoms with E-state index in [0.29, 0.717) is 11.4 Å². The zero-order valence-electron chi connectivity index (χ0n) is 42.0. The summed E-state index contributed by atoms with van der Waals surface area (Å²) < 4.78 is 2.30. The topological polar surface area (TPSA) is 50.9 Å². The van der Waals surface area contributed by atoms with Crippen LogP contribution in [-0.4, -0.2) is 19.6 Å². The Morgan fingerprint density at radius 1 is 0.397 bits per heavy atom. The van der Waals surface area contributed by atoms with Gasteiger partial charge in [0.15, 0.2) is 0 Å². The molecule has 1 N–H and O–H groups in total. The van der Waals surface area contributed by atoms with Gasteiger partial charge >= 0.3 is 0 Å². The Balaban J connectivity index is 1.37. The monoisotopic (exact) mass is 892 g/mol. The first-order chi connectivity index (χ1) is 32.1. The highest BCUT2D eigenvalue weighted by atomic mass is 16.3. The fourth-order valence-corrected chi connectivity index (χ4v) is 9.27. The molecular formula is C64H65N3O. The van der Waals surface area contributed by atoms with Crippen molar-refractivity contribution in [2.45, 2.75) is 105 Å². The molecule has 0 saturated carbocycles. The van der Waals surface area contributed by atoms with Crippen molar-refractivity contribution in [3.8, 4) is 78.6 Å². The third-order valence-corrected chi connectivity index (χ3v) is 13.4. The molecule has 68 heavy (non-hydrogen) atoms. The van der Waals surface area contributed by atoms with Gasteiger partial charge in [-0.25, -0.2) is 4.98 Å². The SMILES string of the molecule is CC(C)(C)c1ccc(-c2cc(C(C)(C)C)ccc2-n2c(-c3cc(C(C)(C)C)cc(C(C)(C)C)c3O)nc3c(-c4cc(-c5ccccc5)cc(-c5cc(-c6ccccc6)ccn5)c4)cccc32)cc1. The van der Waals surface area contributed by atoms with Crippen LogP contribution in [0.1, 0.15) is 105 Å².